The summed E-state index contributed by atoms with van der Waals surface area (Å²) in [6.07, 6.45) is -2.28. The van der Waals surface area contributed by atoms with Gasteiger partial charge in [-0.2, -0.15) is 4.98 Å². The fraction of sp³-hybridized carbons (Fsp3) is 0.200. The predicted octanol–water partition coefficient (Wildman–Crippen LogP) is 3.77. The van der Waals surface area contributed by atoms with Gasteiger partial charge in [0.1, 0.15) is 11.6 Å². The smallest absolute Gasteiger partial charge is 0.406 e. The molecule has 6 nitrogen and oxygen atoms in total. The van der Waals surface area contributed by atoms with E-state index in [2.05, 4.69) is 19.6 Å². The first-order valence-electron chi connectivity index (χ1n) is 8.89. The van der Waals surface area contributed by atoms with E-state index in [4.69, 9.17) is 11.5 Å². The van der Waals surface area contributed by atoms with Gasteiger partial charge in [-0.05, 0) is 47.4 Å². The number of halogens is 3. The van der Waals surface area contributed by atoms with Gasteiger partial charge in [0, 0.05) is 30.5 Å². The highest BCUT2D eigenvalue weighted by Gasteiger charge is 2.31. The van der Waals surface area contributed by atoms with E-state index in [1.807, 2.05) is 18.2 Å². The summed E-state index contributed by atoms with van der Waals surface area (Å²) in [5, 5.41) is 0. The lowest BCUT2D eigenvalue weighted by Crippen LogP contribution is -2.21. The minimum atomic E-state index is -4.72. The molecule has 0 aliphatic carbocycles. The standard InChI is InChI=1S/C20H18F3N5O/c21-20(22,23)29-16-3-1-2-12(9-16)13-4-5-17-14(8-13)6-7-28(17)11-15-10-26-19(25)27-18(15)24/h1-5,8-10H,6-7,11H2,(H4,24,25,26,27). The number of hydrogen-bond acceptors (Lipinski definition) is 6. The quantitative estimate of drug-likeness (QED) is 0.692. The molecule has 0 unspecified atom stereocenters. The van der Waals surface area contributed by atoms with E-state index in [1.165, 1.54) is 12.1 Å². The lowest BCUT2D eigenvalue weighted by molar-refractivity contribution is -0.274. The van der Waals surface area contributed by atoms with Crippen LogP contribution in [0.25, 0.3) is 11.1 Å². The number of nitrogens with two attached hydrogens (primary N) is 2. The van der Waals surface area contributed by atoms with Crippen molar-refractivity contribution in [2.24, 2.45) is 0 Å². The maximum atomic E-state index is 12.5. The van der Waals surface area contributed by atoms with Gasteiger partial charge < -0.3 is 21.1 Å². The lowest BCUT2D eigenvalue weighted by Gasteiger charge is -2.20. The van der Waals surface area contributed by atoms with Crippen molar-refractivity contribution < 1.29 is 17.9 Å². The van der Waals surface area contributed by atoms with Gasteiger partial charge in [0.25, 0.3) is 0 Å². The maximum absolute atomic E-state index is 12.5. The summed E-state index contributed by atoms with van der Waals surface area (Å²) in [4.78, 5) is 10.1. The van der Waals surface area contributed by atoms with Crippen LogP contribution < -0.4 is 21.1 Å². The zero-order valence-corrected chi connectivity index (χ0v) is 15.3. The Morgan fingerprint density at radius 2 is 1.86 bits per heavy atom. The van der Waals surface area contributed by atoms with E-state index >= 15 is 0 Å². The van der Waals surface area contributed by atoms with Gasteiger partial charge in [-0.15, -0.1) is 13.2 Å². The van der Waals surface area contributed by atoms with E-state index in [1.54, 1.807) is 18.3 Å². The molecule has 3 aromatic rings. The largest absolute Gasteiger partial charge is 0.573 e. The molecule has 4 rings (SSSR count). The van der Waals surface area contributed by atoms with Crippen molar-refractivity contribution in [3.05, 3.63) is 59.8 Å². The molecule has 0 saturated heterocycles. The van der Waals surface area contributed by atoms with Gasteiger partial charge >= 0.3 is 6.36 Å². The van der Waals surface area contributed by atoms with Crippen LogP contribution in [0.3, 0.4) is 0 Å². The third-order valence-electron chi connectivity index (χ3n) is 4.75. The van der Waals surface area contributed by atoms with Crippen molar-refractivity contribution in [2.75, 3.05) is 22.9 Å². The average Bonchev–Trinajstić information content (AvgIpc) is 3.05. The number of ether oxygens (including phenoxy) is 1. The molecule has 0 bridgehead atoms. The summed E-state index contributed by atoms with van der Waals surface area (Å²) in [6, 6.07) is 11.8. The molecule has 1 aliphatic heterocycles. The summed E-state index contributed by atoms with van der Waals surface area (Å²) in [5.41, 5.74) is 15.9. The molecule has 0 spiro atoms. The number of alkyl halides is 3. The van der Waals surface area contributed by atoms with Crippen LogP contribution in [0, 0.1) is 0 Å². The number of nitrogens with zero attached hydrogens (tertiary/aromatic N) is 3. The topological polar surface area (TPSA) is 90.3 Å². The van der Waals surface area contributed by atoms with Crippen LogP contribution in [0.15, 0.2) is 48.7 Å². The number of rotatable bonds is 4. The Morgan fingerprint density at radius 3 is 2.62 bits per heavy atom. The highest BCUT2D eigenvalue weighted by Crippen LogP contribution is 2.35. The van der Waals surface area contributed by atoms with Gasteiger partial charge in [-0.1, -0.05) is 18.2 Å². The van der Waals surface area contributed by atoms with E-state index in [0.717, 1.165) is 35.3 Å². The van der Waals surface area contributed by atoms with E-state index in [0.29, 0.717) is 17.9 Å². The second-order valence-corrected chi connectivity index (χ2v) is 6.73. The van der Waals surface area contributed by atoms with Crippen molar-refractivity contribution >= 4 is 17.5 Å². The van der Waals surface area contributed by atoms with Crippen molar-refractivity contribution in [1.82, 2.24) is 9.97 Å². The Bertz CT molecular complexity index is 1050. The van der Waals surface area contributed by atoms with Gasteiger partial charge in [0.15, 0.2) is 0 Å². The molecule has 150 valence electrons. The minimum Gasteiger partial charge on any atom is -0.406 e. The number of hydrogen-bond donors (Lipinski definition) is 2. The van der Waals surface area contributed by atoms with Crippen molar-refractivity contribution in [3.63, 3.8) is 0 Å². The van der Waals surface area contributed by atoms with E-state index < -0.39 is 6.36 Å². The van der Waals surface area contributed by atoms with Gasteiger partial charge in [0.05, 0.1) is 0 Å². The van der Waals surface area contributed by atoms with Crippen molar-refractivity contribution in [3.8, 4) is 16.9 Å². The number of nitrogen functional groups attached to an aromatic ring is 2. The number of anilines is 3. The summed E-state index contributed by atoms with van der Waals surface area (Å²) in [6.45, 7) is 1.34. The minimum absolute atomic E-state index is 0.134. The zero-order chi connectivity index (χ0) is 20.6. The summed E-state index contributed by atoms with van der Waals surface area (Å²) in [7, 11) is 0. The molecule has 0 saturated carbocycles. The molecule has 0 radical (unpaired) electrons. The third kappa shape index (κ3) is 4.18. The Labute approximate surface area is 164 Å². The fourth-order valence-electron chi connectivity index (χ4n) is 3.45. The molecule has 1 aromatic heterocycles. The molecule has 0 atom stereocenters. The molecule has 4 N–H and O–H groups in total. The predicted molar refractivity (Wildman–Crippen MR) is 104 cm³/mol. The van der Waals surface area contributed by atoms with Gasteiger partial charge in [-0.3, -0.25) is 0 Å². The Hall–Kier alpha value is -3.49. The van der Waals surface area contributed by atoms with Gasteiger partial charge in [0.2, 0.25) is 5.95 Å². The first-order chi connectivity index (χ1) is 13.8. The Morgan fingerprint density at radius 1 is 1.07 bits per heavy atom. The van der Waals surface area contributed by atoms with Crippen LogP contribution in [0.2, 0.25) is 0 Å². The first-order valence-corrected chi connectivity index (χ1v) is 8.89. The maximum Gasteiger partial charge on any atom is 0.573 e. The third-order valence-corrected chi connectivity index (χ3v) is 4.75. The average molecular weight is 401 g/mol. The van der Waals surface area contributed by atoms with Crippen LogP contribution in [0.4, 0.5) is 30.6 Å². The van der Waals surface area contributed by atoms with Crippen molar-refractivity contribution in [1.29, 1.82) is 0 Å². The summed E-state index contributed by atoms with van der Waals surface area (Å²) in [5.74, 6) is 0.245. The molecular formula is C20H18F3N5O. The Balaban J connectivity index is 1.57. The van der Waals surface area contributed by atoms with E-state index in [9.17, 15) is 13.2 Å². The van der Waals surface area contributed by atoms with E-state index in [-0.39, 0.29) is 11.7 Å². The van der Waals surface area contributed by atoms with Crippen LogP contribution in [0.5, 0.6) is 5.75 Å². The fourth-order valence-corrected chi connectivity index (χ4v) is 3.45. The highest BCUT2D eigenvalue weighted by atomic mass is 19.4. The number of benzene rings is 2. The molecule has 1 aliphatic rings. The second-order valence-electron chi connectivity index (χ2n) is 6.73. The van der Waals surface area contributed by atoms with Crippen LogP contribution in [-0.4, -0.2) is 22.9 Å². The second kappa shape index (κ2) is 7.16. The molecular weight excluding hydrogens is 383 g/mol. The number of fused-ring (bicyclic) bond motifs is 1. The zero-order valence-electron chi connectivity index (χ0n) is 15.3. The lowest BCUT2D eigenvalue weighted by atomic mass is 10.0. The SMILES string of the molecule is Nc1ncc(CN2CCc3cc(-c4cccc(OC(F)(F)F)c4)ccc32)c(N)n1. The van der Waals surface area contributed by atoms with Crippen LogP contribution >= 0.6 is 0 Å². The number of aromatic nitrogens is 2. The monoisotopic (exact) mass is 401 g/mol. The molecule has 2 heterocycles. The summed E-state index contributed by atoms with van der Waals surface area (Å²) < 4.78 is 41.4. The molecule has 2 aromatic carbocycles. The summed E-state index contributed by atoms with van der Waals surface area (Å²) >= 11 is 0. The van der Waals surface area contributed by atoms with Crippen molar-refractivity contribution in [2.45, 2.75) is 19.3 Å². The van der Waals surface area contributed by atoms with Gasteiger partial charge in [-0.25, -0.2) is 4.98 Å². The highest BCUT2D eigenvalue weighted by molar-refractivity contribution is 5.71. The van der Waals surface area contributed by atoms with Crippen LogP contribution in [-0.2, 0) is 13.0 Å². The molecule has 0 amide bonds. The normalized spacial score (nSPS) is 13.4. The molecule has 0 fully saturated rings. The van der Waals surface area contributed by atoms with Crippen LogP contribution in [0.1, 0.15) is 11.1 Å². The Kier molecular flexibility index (Phi) is 4.65. The molecule has 29 heavy (non-hydrogen) atoms. The first kappa shape index (κ1) is 18.9. The molecule has 9 heteroatoms.